The number of aromatic nitrogens is 2. The smallest absolute Gasteiger partial charge is 0.438 e. The summed E-state index contributed by atoms with van der Waals surface area (Å²) in [6.45, 7) is 1.85. The van der Waals surface area contributed by atoms with Gasteiger partial charge in [0.2, 0.25) is 0 Å². The van der Waals surface area contributed by atoms with Crippen LogP contribution in [0.4, 0.5) is 4.39 Å². The summed E-state index contributed by atoms with van der Waals surface area (Å²) in [6.07, 6.45) is 2.33. The molecule has 170 valence electrons. The summed E-state index contributed by atoms with van der Waals surface area (Å²) in [6, 6.07) is 11.5. The first-order valence-corrected chi connectivity index (χ1v) is 10.8. The maximum atomic E-state index is 13.6. The van der Waals surface area contributed by atoms with Crippen molar-refractivity contribution in [3.05, 3.63) is 81.4 Å². The highest BCUT2D eigenvalue weighted by Gasteiger charge is 2.30. The minimum Gasteiger partial charge on any atom is -0.493 e. The normalized spacial score (nSPS) is 15.4. The van der Waals surface area contributed by atoms with Gasteiger partial charge in [0, 0.05) is 30.6 Å². The van der Waals surface area contributed by atoms with Crippen LogP contribution in [0, 0.1) is 5.82 Å². The average molecular weight is 451 g/mol. The Balaban J connectivity index is 1.48. The van der Waals surface area contributed by atoms with Crippen molar-refractivity contribution >= 4 is 11.5 Å². The molecule has 9 heteroatoms. The lowest BCUT2D eigenvalue weighted by Crippen LogP contribution is -2.33. The third kappa shape index (κ3) is 4.39. The molecule has 1 N–H and O–H groups in total. The summed E-state index contributed by atoms with van der Waals surface area (Å²) in [4.78, 5) is 28.7. The first-order valence-electron chi connectivity index (χ1n) is 10.8. The number of nitrogens with one attached hydrogen (secondary N) is 1. The fourth-order valence-corrected chi connectivity index (χ4v) is 4.16. The third-order valence-corrected chi connectivity index (χ3v) is 5.77. The van der Waals surface area contributed by atoms with Crippen molar-refractivity contribution in [3.63, 3.8) is 0 Å². The van der Waals surface area contributed by atoms with Gasteiger partial charge in [-0.25, -0.2) is 9.18 Å². The van der Waals surface area contributed by atoms with Gasteiger partial charge in [-0.3, -0.25) is 14.3 Å². The van der Waals surface area contributed by atoms with Crippen molar-refractivity contribution in [1.82, 2.24) is 15.0 Å². The van der Waals surface area contributed by atoms with Gasteiger partial charge in [-0.05, 0) is 48.7 Å². The molecule has 1 saturated heterocycles. The van der Waals surface area contributed by atoms with E-state index in [9.17, 15) is 14.0 Å². The zero-order chi connectivity index (χ0) is 22.8. The predicted molar refractivity (Wildman–Crippen MR) is 116 cm³/mol. The molecule has 3 heterocycles. The number of H-pyrrole nitrogens is 1. The van der Waals surface area contributed by atoms with Crippen LogP contribution < -0.4 is 15.2 Å². The monoisotopic (exact) mass is 451 g/mol. The zero-order valence-corrected chi connectivity index (χ0v) is 17.8. The lowest BCUT2D eigenvalue weighted by atomic mass is 9.90. The molecule has 2 aromatic carbocycles. The van der Waals surface area contributed by atoms with E-state index in [-0.39, 0.29) is 24.9 Å². The van der Waals surface area contributed by atoms with Gasteiger partial charge in [-0.15, -0.1) is 0 Å². The number of halogens is 1. The van der Waals surface area contributed by atoms with Crippen LogP contribution in [0.3, 0.4) is 0 Å². The largest absolute Gasteiger partial charge is 0.493 e. The number of amides is 1. The van der Waals surface area contributed by atoms with Gasteiger partial charge in [-0.2, -0.15) is 0 Å². The molecule has 1 amide bonds. The number of benzene rings is 2. The summed E-state index contributed by atoms with van der Waals surface area (Å²) in [5.74, 6) is 0.575. The molecule has 5 rings (SSSR count). The van der Waals surface area contributed by atoms with E-state index < -0.39 is 5.76 Å². The van der Waals surface area contributed by atoms with E-state index in [0.717, 1.165) is 37.1 Å². The zero-order valence-electron chi connectivity index (χ0n) is 17.8. The van der Waals surface area contributed by atoms with Crippen molar-refractivity contribution in [3.8, 4) is 11.5 Å². The number of carbonyl (C=O) groups excluding carboxylic acids is 1. The number of rotatable bonds is 6. The second-order valence-corrected chi connectivity index (χ2v) is 7.95. The number of ether oxygens (including phenoxy) is 2. The van der Waals surface area contributed by atoms with Crippen LogP contribution in [0.25, 0.3) is 5.57 Å². The molecule has 1 fully saturated rings. The molecule has 0 radical (unpaired) electrons. The van der Waals surface area contributed by atoms with Crippen LogP contribution in [0.15, 0.2) is 57.4 Å². The number of nitrogens with zero attached hydrogens (tertiary/aromatic N) is 2. The number of hydrogen-bond acceptors (Lipinski definition) is 6. The molecule has 1 aromatic heterocycles. The number of likely N-dealkylation sites (tertiary alicyclic amines) is 1. The van der Waals surface area contributed by atoms with E-state index in [1.54, 1.807) is 24.3 Å². The molecule has 33 heavy (non-hydrogen) atoms. The summed E-state index contributed by atoms with van der Waals surface area (Å²) >= 11 is 0. The minimum atomic E-state index is -0.611. The molecule has 0 spiro atoms. The Morgan fingerprint density at radius 2 is 1.94 bits per heavy atom. The molecule has 0 saturated carbocycles. The van der Waals surface area contributed by atoms with Crippen molar-refractivity contribution in [1.29, 1.82) is 0 Å². The first kappa shape index (κ1) is 21.0. The van der Waals surface area contributed by atoms with E-state index in [1.807, 2.05) is 11.0 Å². The number of fused-ring (bicyclic) bond motifs is 1. The van der Waals surface area contributed by atoms with Gasteiger partial charge in [0.25, 0.3) is 5.91 Å². The maximum absolute atomic E-state index is 13.6. The van der Waals surface area contributed by atoms with Crippen molar-refractivity contribution < 1.29 is 23.2 Å². The quantitative estimate of drug-likeness (QED) is 0.619. The fourth-order valence-electron chi connectivity index (χ4n) is 4.16. The summed E-state index contributed by atoms with van der Waals surface area (Å²) in [5.41, 5.74) is 2.72. The van der Waals surface area contributed by atoms with Crippen molar-refractivity contribution in [2.24, 2.45) is 0 Å². The van der Waals surface area contributed by atoms with E-state index in [1.165, 1.54) is 12.1 Å². The Bertz CT molecular complexity index is 1260. The predicted octanol–water partition coefficient (Wildman–Crippen LogP) is 2.94. The molecule has 3 aromatic rings. The fraction of sp³-hybridized carbons (Fsp3) is 0.292. The van der Waals surface area contributed by atoms with Crippen LogP contribution in [0.1, 0.15) is 29.8 Å². The lowest BCUT2D eigenvalue weighted by molar-refractivity contribution is -0.126. The molecular formula is C24H22FN3O5. The van der Waals surface area contributed by atoms with Gasteiger partial charge in [0.15, 0.2) is 5.82 Å². The number of carbonyl (C=O) groups is 1. The average Bonchev–Trinajstić information content (AvgIpc) is 3.51. The Kier molecular flexibility index (Phi) is 5.68. The molecule has 8 nitrogen and oxygen atoms in total. The topological polar surface area (TPSA) is 97.7 Å². The minimum absolute atomic E-state index is 0.0567. The Labute approximate surface area is 188 Å². The van der Waals surface area contributed by atoms with Crippen LogP contribution in [0.5, 0.6) is 11.5 Å². The second kappa shape index (κ2) is 8.93. The van der Waals surface area contributed by atoms with Crippen LogP contribution >= 0.6 is 0 Å². The Morgan fingerprint density at radius 3 is 2.67 bits per heavy atom. The van der Waals surface area contributed by atoms with Gasteiger partial charge in [0.05, 0.1) is 12.2 Å². The van der Waals surface area contributed by atoms with Gasteiger partial charge >= 0.3 is 5.76 Å². The van der Waals surface area contributed by atoms with Crippen molar-refractivity contribution in [2.75, 3.05) is 26.3 Å². The first-order chi connectivity index (χ1) is 16.1. The molecule has 0 aliphatic carbocycles. The van der Waals surface area contributed by atoms with Gasteiger partial charge in [-0.1, -0.05) is 17.3 Å². The highest BCUT2D eigenvalue weighted by molar-refractivity contribution is 6.06. The van der Waals surface area contributed by atoms with Crippen LogP contribution in [0.2, 0.25) is 0 Å². The highest BCUT2D eigenvalue weighted by Crippen LogP contribution is 2.40. The summed E-state index contributed by atoms with van der Waals surface area (Å²) < 4.78 is 29.9. The van der Waals surface area contributed by atoms with Crippen LogP contribution in [-0.2, 0) is 11.2 Å². The Hall–Kier alpha value is -3.88. The van der Waals surface area contributed by atoms with Crippen molar-refractivity contribution in [2.45, 2.75) is 19.3 Å². The van der Waals surface area contributed by atoms with Gasteiger partial charge < -0.3 is 14.4 Å². The summed E-state index contributed by atoms with van der Waals surface area (Å²) in [5, 5.41) is 3.62. The molecule has 0 atom stereocenters. The SMILES string of the molecule is O=C(C1=C(c2ccc(F)cc2)c2cc(OCCc3noc(=O)[nH]3)ccc2OC1)N1CCCC1. The maximum Gasteiger partial charge on any atom is 0.438 e. The molecule has 2 aliphatic heterocycles. The Morgan fingerprint density at radius 1 is 1.15 bits per heavy atom. The number of hydrogen-bond donors (Lipinski definition) is 1. The van der Waals surface area contributed by atoms with Gasteiger partial charge in [0.1, 0.15) is 23.9 Å². The number of aromatic amines is 1. The third-order valence-electron chi connectivity index (χ3n) is 5.77. The molecular weight excluding hydrogens is 429 g/mol. The highest BCUT2D eigenvalue weighted by atomic mass is 19.1. The lowest BCUT2D eigenvalue weighted by Gasteiger charge is -2.27. The second-order valence-electron chi connectivity index (χ2n) is 7.95. The van der Waals surface area contributed by atoms with Crippen LogP contribution in [-0.4, -0.2) is 47.3 Å². The molecule has 0 bridgehead atoms. The summed E-state index contributed by atoms with van der Waals surface area (Å²) in [7, 11) is 0. The van der Waals surface area contributed by atoms with E-state index in [2.05, 4.69) is 14.7 Å². The van der Waals surface area contributed by atoms with E-state index in [4.69, 9.17) is 9.47 Å². The standard InChI is InChI=1S/C24H22FN3O5/c25-16-5-3-15(4-6-16)22-18-13-17(31-12-9-21-26-24(30)33-27-21)7-8-20(18)32-14-19(22)23(29)28-10-1-2-11-28/h3-8,13H,1-2,9-12,14H2,(H,26,27,30). The van der Waals surface area contributed by atoms with E-state index in [0.29, 0.717) is 34.9 Å². The molecule has 0 unspecified atom stereocenters. The molecule has 2 aliphatic rings. The van der Waals surface area contributed by atoms with E-state index >= 15 is 0 Å².